The van der Waals surface area contributed by atoms with Gasteiger partial charge in [0.15, 0.2) is 6.61 Å². The van der Waals surface area contributed by atoms with E-state index in [1.807, 2.05) is 24.3 Å². The number of carboxylic acids is 1. The van der Waals surface area contributed by atoms with E-state index in [-0.39, 0.29) is 12.5 Å². The standard InChI is InChI=1S/C26H23ClN2O5/c27-20-7-3-1-6-19(20)21-13-14-22(26(32)33)29(21)25(31)17-11-9-16(10-12-17)18-5-2-4-8-23(18)34-15-24(28)30/h1-12,21-22H,13-15H2,(H2,28,30)(H,32,33)/t21-,22+/m1/s1. The number of para-hydroxylation sites is 1. The lowest BCUT2D eigenvalue weighted by molar-refractivity contribution is -0.141. The predicted octanol–water partition coefficient (Wildman–Crippen LogP) is 4.30. The number of nitrogens with two attached hydrogens (primary N) is 1. The van der Waals surface area contributed by atoms with Crippen molar-refractivity contribution in [1.82, 2.24) is 4.90 Å². The van der Waals surface area contributed by atoms with Gasteiger partial charge in [0.1, 0.15) is 11.8 Å². The van der Waals surface area contributed by atoms with Gasteiger partial charge in [0.2, 0.25) is 0 Å². The summed E-state index contributed by atoms with van der Waals surface area (Å²) in [5, 5.41) is 10.3. The van der Waals surface area contributed by atoms with Crippen LogP contribution >= 0.6 is 11.6 Å². The highest BCUT2D eigenvalue weighted by Crippen LogP contribution is 2.40. The van der Waals surface area contributed by atoms with Crippen molar-refractivity contribution in [1.29, 1.82) is 0 Å². The minimum absolute atomic E-state index is 0.247. The van der Waals surface area contributed by atoms with E-state index in [4.69, 9.17) is 22.1 Å². The molecule has 0 spiro atoms. The van der Waals surface area contributed by atoms with Crippen molar-refractivity contribution < 1.29 is 24.2 Å². The summed E-state index contributed by atoms with van der Waals surface area (Å²) in [5.41, 5.74) is 7.79. The van der Waals surface area contributed by atoms with Crippen molar-refractivity contribution in [3.8, 4) is 16.9 Å². The summed E-state index contributed by atoms with van der Waals surface area (Å²) in [4.78, 5) is 37.9. The molecule has 0 saturated carbocycles. The van der Waals surface area contributed by atoms with Crippen LogP contribution in [0.25, 0.3) is 11.1 Å². The number of carbonyl (C=O) groups is 3. The molecule has 2 atom stereocenters. The van der Waals surface area contributed by atoms with E-state index in [0.717, 1.165) is 16.7 Å². The molecule has 3 aromatic rings. The van der Waals surface area contributed by atoms with Gasteiger partial charge < -0.3 is 20.5 Å². The van der Waals surface area contributed by atoms with Crippen LogP contribution < -0.4 is 10.5 Å². The Bertz CT molecular complexity index is 1230. The molecule has 3 N–H and O–H groups in total. The molecule has 0 bridgehead atoms. The summed E-state index contributed by atoms with van der Waals surface area (Å²) in [6.45, 7) is -0.247. The van der Waals surface area contributed by atoms with E-state index in [2.05, 4.69) is 0 Å². The highest BCUT2D eigenvalue weighted by atomic mass is 35.5. The average Bonchev–Trinajstić information content (AvgIpc) is 3.28. The molecule has 1 heterocycles. The number of hydrogen-bond donors (Lipinski definition) is 2. The van der Waals surface area contributed by atoms with Gasteiger partial charge in [-0.05, 0) is 48.2 Å². The number of hydrogen-bond acceptors (Lipinski definition) is 4. The third-order valence-corrected chi connectivity index (χ3v) is 6.21. The SMILES string of the molecule is NC(=O)COc1ccccc1-c1ccc(C(=O)N2[C@@H](c3ccccc3Cl)CC[C@H]2C(=O)O)cc1. The fraction of sp³-hybridized carbons (Fsp3) is 0.192. The van der Waals surface area contributed by atoms with Gasteiger partial charge in [-0.2, -0.15) is 0 Å². The molecule has 0 aliphatic carbocycles. The van der Waals surface area contributed by atoms with Crippen LogP contribution in [0.1, 0.15) is 34.8 Å². The highest BCUT2D eigenvalue weighted by molar-refractivity contribution is 6.31. The van der Waals surface area contributed by atoms with Gasteiger partial charge in [-0.3, -0.25) is 9.59 Å². The summed E-state index contributed by atoms with van der Waals surface area (Å²) in [6.07, 6.45) is 0.856. The molecule has 7 nitrogen and oxygen atoms in total. The average molecular weight is 479 g/mol. The Morgan fingerprint density at radius 2 is 1.65 bits per heavy atom. The monoisotopic (exact) mass is 478 g/mol. The summed E-state index contributed by atoms with van der Waals surface area (Å²) in [5.74, 6) is -1.51. The minimum Gasteiger partial charge on any atom is -0.483 e. The fourth-order valence-electron chi connectivity index (χ4n) is 4.31. The van der Waals surface area contributed by atoms with E-state index in [1.54, 1.807) is 48.5 Å². The number of ether oxygens (including phenoxy) is 1. The van der Waals surface area contributed by atoms with Crippen molar-refractivity contribution >= 4 is 29.4 Å². The number of amides is 2. The Kier molecular flexibility index (Phi) is 6.84. The second kappa shape index (κ2) is 9.97. The fourth-order valence-corrected chi connectivity index (χ4v) is 4.57. The smallest absolute Gasteiger partial charge is 0.326 e. The molecule has 2 amide bonds. The van der Waals surface area contributed by atoms with E-state index < -0.39 is 24.0 Å². The number of rotatable bonds is 7. The Labute approximate surface area is 201 Å². The number of halogens is 1. The first-order valence-electron chi connectivity index (χ1n) is 10.8. The Balaban J connectivity index is 1.63. The lowest BCUT2D eigenvalue weighted by Gasteiger charge is -2.29. The molecule has 0 radical (unpaired) electrons. The van der Waals surface area contributed by atoms with Crippen molar-refractivity contribution in [3.05, 3.63) is 88.9 Å². The maximum atomic E-state index is 13.5. The van der Waals surface area contributed by atoms with Crippen LogP contribution in [0.3, 0.4) is 0 Å². The first kappa shape index (κ1) is 23.3. The van der Waals surface area contributed by atoms with Crippen LogP contribution in [0.15, 0.2) is 72.8 Å². The van der Waals surface area contributed by atoms with Crippen LogP contribution in [-0.4, -0.2) is 40.4 Å². The van der Waals surface area contributed by atoms with Crippen LogP contribution in [0.5, 0.6) is 5.75 Å². The van der Waals surface area contributed by atoms with Gasteiger partial charge in [-0.25, -0.2) is 4.79 Å². The van der Waals surface area contributed by atoms with E-state index in [0.29, 0.717) is 29.2 Å². The second-order valence-corrected chi connectivity index (χ2v) is 8.42. The number of carboxylic acid groups (broad SMARTS) is 1. The van der Waals surface area contributed by atoms with E-state index in [1.165, 1.54) is 4.90 Å². The lowest BCUT2D eigenvalue weighted by atomic mass is 10.0. The molecule has 8 heteroatoms. The van der Waals surface area contributed by atoms with Gasteiger partial charge in [0, 0.05) is 16.1 Å². The molecule has 1 aliphatic heterocycles. The third-order valence-electron chi connectivity index (χ3n) is 5.87. The van der Waals surface area contributed by atoms with E-state index >= 15 is 0 Å². The van der Waals surface area contributed by atoms with Gasteiger partial charge in [-0.15, -0.1) is 0 Å². The van der Waals surface area contributed by atoms with Crippen molar-refractivity contribution in [2.45, 2.75) is 24.9 Å². The quantitative estimate of drug-likeness (QED) is 0.526. The zero-order chi connectivity index (χ0) is 24.2. The maximum absolute atomic E-state index is 13.5. The molecule has 34 heavy (non-hydrogen) atoms. The molecule has 174 valence electrons. The van der Waals surface area contributed by atoms with Crippen LogP contribution in [0, 0.1) is 0 Å². The Morgan fingerprint density at radius 1 is 0.971 bits per heavy atom. The summed E-state index contributed by atoms with van der Waals surface area (Å²) < 4.78 is 5.50. The maximum Gasteiger partial charge on any atom is 0.326 e. The number of benzene rings is 3. The largest absolute Gasteiger partial charge is 0.483 e. The third kappa shape index (κ3) is 4.75. The summed E-state index contributed by atoms with van der Waals surface area (Å²) >= 11 is 6.37. The highest BCUT2D eigenvalue weighted by Gasteiger charge is 2.42. The summed E-state index contributed by atoms with van der Waals surface area (Å²) in [7, 11) is 0. The molecule has 4 rings (SSSR count). The van der Waals surface area contributed by atoms with Crippen molar-refractivity contribution in [2.75, 3.05) is 6.61 Å². The number of likely N-dealkylation sites (tertiary alicyclic amines) is 1. The molecule has 0 aromatic heterocycles. The van der Waals surface area contributed by atoms with Gasteiger partial charge in [0.05, 0.1) is 6.04 Å². The number of nitrogens with zero attached hydrogens (tertiary/aromatic N) is 1. The van der Waals surface area contributed by atoms with Gasteiger partial charge in [-0.1, -0.05) is 60.1 Å². The molecule has 1 aliphatic rings. The zero-order valence-corrected chi connectivity index (χ0v) is 18.9. The van der Waals surface area contributed by atoms with Crippen molar-refractivity contribution in [2.24, 2.45) is 5.73 Å². The van der Waals surface area contributed by atoms with Crippen LogP contribution in [-0.2, 0) is 9.59 Å². The van der Waals surface area contributed by atoms with Gasteiger partial charge >= 0.3 is 5.97 Å². The number of carbonyl (C=O) groups excluding carboxylic acids is 2. The zero-order valence-electron chi connectivity index (χ0n) is 18.2. The number of aliphatic carboxylic acids is 1. The Morgan fingerprint density at radius 3 is 2.32 bits per heavy atom. The predicted molar refractivity (Wildman–Crippen MR) is 128 cm³/mol. The van der Waals surface area contributed by atoms with Crippen LogP contribution in [0.4, 0.5) is 0 Å². The molecule has 3 aromatic carbocycles. The first-order chi connectivity index (χ1) is 16.4. The van der Waals surface area contributed by atoms with Crippen LogP contribution in [0.2, 0.25) is 5.02 Å². The normalized spacial score (nSPS) is 17.4. The number of primary amides is 1. The molecule has 1 saturated heterocycles. The molecular formula is C26H23ClN2O5. The topological polar surface area (TPSA) is 110 Å². The second-order valence-electron chi connectivity index (χ2n) is 8.01. The van der Waals surface area contributed by atoms with E-state index in [9.17, 15) is 19.5 Å². The lowest BCUT2D eigenvalue weighted by Crippen LogP contribution is -2.41. The van der Waals surface area contributed by atoms with Crippen molar-refractivity contribution in [3.63, 3.8) is 0 Å². The summed E-state index contributed by atoms with van der Waals surface area (Å²) in [6, 6.07) is 19.8. The molecule has 0 unspecified atom stereocenters. The molecule has 1 fully saturated rings. The van der Waals surface area contributed by atoms with Gasteiger partial charge in [0.25, 0.3) is 11.8 Å². The first-order valence-corrected chi connectivity index (χ1v) is 11.1. The molecular weight excluding hydrogens is 456 g/mol. The Hall–Kier alpha value is -3.84. The minimum atomic E-state index is -1.04.